The second-order valence-electron chi connectivity index (χ2n) is 6.95. The van der Waals surface area contributed by atoms with E-state index in [1.807, 2.05) is 0 Å². The number of thioether (sulfide) groups is 1. The van der Waals surface area contributed by atoms with Crippen LogP contribution in [0.2, 0.25) is 5.02 Å². The van der Waals surface area contributed by atoms with Crippen molar-refractivity contribution in [2.75, 3.05) is 18.5 Å². The van der Waals surface area contributed by atoms with Gasteiger partial charge in [0, 0.05) is 16.5 Å². The lowest BCUT2D eigenvalue weighted by Gasteiger charge is -2.25. The molecular weight excluding hydrogens is 469 g/mol. The fourth-order valence-corrected chi connectivity index (χ4v) is 4.20. The molecule has 3 rings (SSSR count). The van der Waals surface area contributed by atoms with E-state index in [9.17, 15) is 27.6 Å². The van der Waals surface area contributed by atoms with Crippen LogP contribution in [0.5, 0.6) is 0 Å². The van der Waals surface area contributed by atoms with Gasteiger partial charge in [0.25, 0.3) is 5.91 Å². The zero-order chi connectivity index (χ0) is 23.3. The first-order valence-electron chi connectivity index (χ1n) is 9.42. The smallest absolute Gasteiger partial charge is 0.406 e. The van der Waals surface area contributed by atoms with Gasteiger partial charge in [0.1, 0.15) is 6.54 Å². The number of hydrogen-bond donors (Lipinski definition) is 1. The Hall–Kier alpha value is -2.72. The summed E-state index contributed by atoms with van der Waals surface area (Å²) in [6.07, 6.45) is -4.95. The molecule has 2 aromatic carbocycles. The molecule has 2 aromatic rings. The van der Waals surface area contributed by atoms with Crippen LogP contribution in [-0.2, 0) is 25.7 Å². The molecule has 2 amide bonds. The zero-order valence-electron chi connectivity index (χ0n) is 16.5. The number of carbonyl (C=O) groups is 3. The summed E-state index contributed by atoms with van der Waals surface area (Å²) in [6.45, 7) is -2.61. The van der Waals surface area contributed by atoms with E-state index < -0.39 is 42.4 Å². The van der Waals surface area contributed by atoms with Crippen molar-refractivity contribution >= 4 is 46.8 Å². The van der Waals surface area contributed by atoms with Crippen molar-refractivity contribution in [2.45, 2.75) is 29.3 Å². The van der Waals surface area contributed by atoms with Gasteiger partial charge in [-0.3, -0.25) is 14.4 Å². The van der Waals surface area contributed by atoms with Crippen molar-refractivity contribution in [1.29, 1.82) is 0 Å². The van der Waals surface area contributed by atoms with Crippen molar-refractivity contribution in [2.24, 2.45) is 0 Å². The lowest BCUT2D eigenvalue weighted by Crippen LogP contribution is -2.41. The lowest BCUT2D eigenvalue weighted by atomic mass is 10.2. The summed E-state index contributed by atoms with van der Waals surface area (Å²) in [5.74, 6) is -2.29. The number of ether oxygens (including phenoxy) is 1. The molecule has 1 aliphatic rings. The van der Waals surface area contributed by atoms with Gasteiger partial charge in [0.15, 0.2) is 6.61 Å². The molecule has 6 nitrogen and oxygen atoms in total. The number of alkyl halides is 3. The number of anilines is 1. The number of amides is 2. The number of esters is 1. The Labute approximate surface area is 191 Å². The molecular formula is C21H18ClF3N2O4S. The molecule has 170 valence electrons. The highest BCUT2D eigenvalue weighted by molar-refractivity contribution is 8.01. The largest absolute Gasteiger partial charge is 0.456 e. The molecule has 1 aliphatic heterocycles. The van der Waals surface area contributed by atoms with Gasteiger partial charge >= 0.3 is 12.1 Å². The maximum atomic E-state index is 12.9. The SMILES string of the molecule is O=C(CC1Sc2ccc(Cl)cc2NC1=O)OCC(=O)N(Cc1ccccc1)CC(F)(F)F. The molecule has 1 heterocycles. The molecule has 0 saturated carbocycles. The maximum Gasteiger partial charge on any atom is 0.406 e. The number of hydrogen-bond acceptors (Lipinski definition) is 5. The molecule has 0 bridgehead atoms. The summed E-state index contributed by atoms with van der Waals surface area (Å²) in [4.78, 5) is 38.0. The van der Waals surface area contributed by atoms with E-state index in [-0.39, 0.29) is 13.0 Å². The van der Waals surface area contributed by atoms with E-state index >= 15 is 0 Å². The molecule has 32 heavy (non-hydrogen) atoms. The number of benzene rings is 2. The van der Waals surface area contributed by atoms with E-state index in [1.165, 1.54) is 0 Å². The summed E-state index contributed by atoms with van der Waals surface area (Å²) < 4.78 is 43.6. The summed E-state index contributed by atoms with van der Waals surface area (Å²) in [7, 11) is 0. The van der Waals surface area contributed by atoms with Gasteiger partial charge in [0.2, 0.25) is 5.91 Å². The fourth-order valence-electron chi connectivity index (χ4n) is 2.95. The topological polar surface area (TPSA) is 75.7 Å². The third-order valence-electron chi connectivity index (χ3n) is 4.41. The van der Waals surface area contributed by atoms with Crippen LogP contribution in [0.1, 0.15) is 12.0 Å². The van der Waals surface area contributed by atoms with Gasteiger partial charge in [-0.05, 0) is 23.8 Å². The minimum Gasteiger partial charge on any atom is -0.456 e. The predicted octanol–water partition coefficient (Wildman–Crippen LogP) is 4.28. The average Bonchev–Trinajstić information content (AvgIpc) is 2.72. The first kappa shape index (κ1) is 23.9. The number of fused-ring (bicyclic) bond motifs is 1. The quantitative estimate of drug-likeness (QED) is 0.591. The van der Waals surface area contributed by atoms with Crippen LogP contribution in [-0.4, -0.2) is 47.3 Å². The van der Waals surface area contributed by atoms with Crippen LogP contribution in [0.25, 0.3) is 0 Å². The summed E-state index contributed by atoms with van der Waals surface area (Å²) in [5, 5.41) is 2.28. The number of halogens is 4. The summed E-state index contributed by atoms with van der Waals surface area (Å²) >= 11 is 7.03. The van der Waals surface area contributed by atoms with E-state index in [0.717, 1.165) is 11.8 Å². The maximum absolute atomic E-state index is 12.9. The molecule has 1 N–H and O–H groups in total. The van der Waals surface area contributed by atoms with Gasteiger partial charge < -0.3 is 15.0 Å². The van der Waals surface area contributed by atoms with Gasteiger partial charge in [-0.15, -0.1) is 11.8 Å². The second kappa shape index (κ2) is 10.3. The Morgan fingerprint density at radius 3 is 2.56 bits per heavy atom. The van der Waals surface area contributed by atoms with Crippen molar-refractivity contribution in [3.63, 3.8) is 0 Å². The zero-order valence-corrected chi connectivity index (χ0v) is 18.1. The molecule has 0 spiro atoms. The normalized spacial score (nSPS) is 15.5. The van der Waals surface area contributed by atoms with E-state index in [2.05, 4.69) is 5.32 Å². The highest BCUT2D eigenvalue weighted by Gasteiger charge is 2.34. The van der Waals surface area contributed by atoms with E-state index in [1.54, 1.807) is 48.5 Å². The Morgan fingerprint density at radius 1 is 1.16 bits per heavy atom. The van der Waals surface area contributed by atoms with Crippen molar-refractivity contribution in [3.8, 4) is 0 Å². The first-order valence-corrected chi connectivity index (χ1v) is 10.7. The summed E-state index contributed by atoms with van der Waals surface area (Å²) in [6, 6.07) is 13.1. The van der Waals surface area contributed by atoms with Gasteiger partial charge in [-0.1, -0.05) is 41.9 Å². The van der Waals surface area contributed by atoms with Crippen molar-refractivity contribution in [3.05, 3.63) is 59.1 Å². The van der Waals surface area contributed by atoms with Crippen LogP contribution in [0.3, 0.4) is 0 Å². The van der Waals surface area contributed by atoms with Crippen LogP contribution >= 0.6 is 23.4 Å². The number of nitrogens with zero attached hydrogens (tertiary/aromatic N) is 1. The third kappa shape index (κ3) is 6.89. The van der Waals surface area contributed by atoms with Gasteiger partial charge in [-0.25, -0.2) is 0 Å². The lowest BCUT2D eigenvalue weighted by molar-refractivity contribution is -0.167. The number of rotatable bonds is 7. The Morgan fingerprint density at radius 2 is 1.88 bits per heavy atom. The molecule has 11 heteroatoms. The minimum absolute atomic E-state index is 0.281. The standard InChI is InChI=1S/C21H18ClF3N2O4S/c22-14-6-7-16-15(8-14)26-20(30)17(32-16)9-19(29)31-11-18(28)27(12-21(23,24)25)10-13-4-2-1-3-5-13/h1-8,17H,9-12H2,(H,26,30). The number of carbonyl (C=O) groups excluding carboxylic acids is 3. The van der Waals surface area contributed by atoms with Crippen molar-refractivity contribution < 1.29 is 32.3 Å². The second-order valence-corrected chi connectivity index (χ2v) is 8.63. The number of nitrogens with one attached hydrogen (secondary N) is 1. The van der Waals surface area contributed by atoms with Gasteiger partial charge in [0.05, 0.1) is 17.4 Å². The monoisotopic (exact) mass is 486 g/mol. The van der Waals surface area contributed by atoms with Crippen LogP contribution in [0.15, 0.2) is 53.4 Å². The average molecular weight is 487 g/mol. The van der Waals surface area contributed by atoms with E-state index in [0.29, 0.717) is 26.1 Å². The Bertz CT molecular complexity index is 1000. The molecule has 1 unspecified atom stereocenters. The highest BCUT2D eigenvalue weighted by Crippen LogP contribution is 2.38. The van der Waals surface area contributed by atoms with Gasteiger partial charge in [-0.2, -0.15) is 13.2 Å². The van der Waals surface area contributed by atoms with Crippen LogP contribution in [0, 0.1) is 0 Å². The first-order chi connectivity index (χ1) is 15.1. The Balaban J connectivity index is 1.56. The van der Waals surface area contributed by atoms with Crippen LogP contribution < -0.4 is 5.32 Å². The van der Waals surface area contributed by atoms with Crippen molar-refractivity contribution in [1.82, 2.24) is 4.90 Å². The van der Waals surface area contributed by atoms with Crippen LogP contribution in [0.4, 0.5) is 18.9 Å². The molecule has 0 aromatic heterocycles. The van der Waals surface area contributed by atoms with E-state index in [4.69, 9.17) is 16.3 Å². The Kier molecular flexibility index (Phi) is 7.68. The molecule has 0 aliphatic carbocycles. The fraction of sp³-hybridized carbons (Fsp3) is 0.286. The molecule has 0 saturated heterocycles. The summed E-state index contributed by atoms with van der Waals surface area (Å²) in [5.41, 5.74) is 1.03. The molecule has 0 fully saturated rings. The minimum atomic E-state index is -4.61. The molecule has 0 radical (unpaired) electrons. The highest BCUT2D eigenvalue weighted by atomic mass is 35.5. The molecule has 1 atom stereocenters. The predicted molar refractivity (Wildman–Crippen MR) is 113 cm³/mol. The third-order valence-corrected chi connectivity index (χ3v) is 5.92.